The molecule has 3 aromatic rings. The van der Waals surface area contributed by atoms with Crippen molar-refractivity contribution in [2.75, 3.05) is 11.6 Å². The van der Waals surface area contributed by atoms with E-state index in [-0.39, 0.29) is 30.1 Å². The molecule has 39 heavy (non-hydrogen) atoms. The van der Waals surface area contributed by atoms with Crippen molar-refractivity contribution in [3.05, 3.63) is 118 Å². The van der Waals surface area contributed by atoms with Crippen LogP contribution in [0.5, 0.6) is 0 Å². The van der Waals surface area contributed by atoms with E-state index < -0.39 is 17.5 Å². The number of halogens is 3. The quantitative estimate of drug-likeness (QED) is 0.366. The maximum atomic E-state index is 14.3. The summed E-state index contributed by atoms with van der Waals surface area (Å²) in [6, 6.07) is 19.1. The predicted octanol–water partition coefficient (Wildman–Crippen LogP) is 7.12. The van der Waals surface area contributed by atoms with Crippen LogP contribution in [0, 0.1) is 20.8 Å². The Morgan fingerprint density at radius 3 is 2.36 bits per heavy atom. The number of rotatable bonds is 3. The highest BCUT2D eigenvalue weighted by molar-refractivity contribution is 5.92. The number of hydrogen-bond acceptors (Lipinski definition) is 5. The van der Waals surface area contributed by atoms with Gasteiger partial charge < -0.3 is 9.84 Å². The summed E-state index contributed by atoms with van der Waals surface area (Å²) in [5, 5.41) is 18.0. The number of alkyl halides is 3. The van der Waals surface area contributed by atoms with Gasteiger partial charge in [0, 0.05) is 6.42 Å². The lowest BCUT2D eigenvalue weighted by Gasteiger charge is -2.38. The molecule has 0 bridgehead atoms. The van der Waals surface area contributed by atoms with Crippen LogP contribution in [-0.4, -0.2) is 34.7 Å². The summed E-state index contributed by atoms with van der Waals surface area (Å²) < 4.78 is 49.1. The van der Waals surface area contributed by atoms with E-state index in [1.165, 1.54) is 12.1 Å². The van der Waals surface area contributed by atoms with Crippen LogP contribution in [0.1, 0.15) is 39.4 Å². The van der Waals surface area contributed by atoms with Crippen LogP contribution in [0.25, 0.3) is 5.57 Å². The normalized spacial score (nSPS) is 21.9. The molecule has 8 heteroatoms. The summed E-state index contributed by atoms with van der Waals surface area (Å²) in [6.45, 7) is 6.05. The Hall–Kier alpha value is -4.04. The van der Waals surface area contributed by atoms with Crippen molar-refractivity contribution in [3.63, 3.8) is 0 Å². The molecule has 0 saturated carbocycles. The fourth-order valence-electron chi connectivity index (χ4n) is 6.04. The second-order valence-electron chi connectivity index (χ2n) is 10.3. The van der Waals surface area contributed by atoms with Gasteiger partial charge in [0.1, 0.15) is 6.61 Å². The van der Waals surface area contributed by atoms with Gasteiger partial charge in [-0.1, -0.05) is 72.3 Å². The Balaban J connectivity index is 1.59. The molecule has 0 spiro atoms. The molecular formula is C31H28F3N3O2. The van der Waals surface area contributed by atoms with Crippen molar-refractivity contribution in [1.82, 2.24) is 4.90 Å². The van der Waals surface area contributed by atoms with Crippen molar-refractivity contribution in [1.29, 1.82) is 0 Å². The number of ether oxygens (including phenoxy) is 1. The molecule has 1 saturated heterocycles. The van der Waals surface area contributed by atoms with Crippen LogP contribution in [0.3, 0.4) is 0 Å². The number of anilines is 1. The number of hydrogen-bond donors (Lipinski definition) is 1. The zero-order chi connectivity index (χ0) is 27.5. The second-order valence-corrected chi connectivity index (χ2v) is 10.3. The highest BCUT2D eigenvalue weighted by Gasteiger charge is 2.49. The smallest absolute Gasteiger partial charge is 0.417 e. The van der Waals surface area contributed by atoms with Crippen molar-refractivity contribution < 1.29 is 23.0 Å². The van der Waals surface area contributed by atoms with Crippen molar-refractivity contribution in [3.8, 4) is 0 Å². The van der Waals surface area contributed by atoms with Crippen molar-refractivity contribution in [2.45, 2.75) is 45.5 Å². The Kier molecular flexibility index (Phi) is 6.03. The standard InChI is InChI=1S/C31H28F3N3O2/c1-18-13-19(2)28(20(3)14-18)37-30(25(38)16-24(31(32,33)34)21-9-5-4-6-10-21)36-27(35-37)17-39-26-15-22-11-7-8-12-23(22)29(26)36/h4-14,16,26,29,38H,15,17H2,1-3H3/b24-16+,30-25-/t26-,29+/m0/s1. The van der Waals surface area contributed by atoms with E-state index in [0.29, 0.717) is 17.9 Å². The molecule has 200 valence electrons. The maximum Gasteiger partial charge on any atom is 0.417 e. The fraction of sp³-hybridized carbons (Fsp3) is 0.258. The molecule has 2 atom stereocenters. The molecule has 0 amide bonds. The number of allylic oxidation sites excluding steroid dienone is 2. The molecule has 3 aliphatic rings. The summed E-state index contributed by atoms with van der Waals surface area (Å²) in [5.41, 5.74) is 4.74. The molecule has 1 fully saturated rings. The maximum absolute atomic E-state index is 14.3. The van der Waals surface area contributed by atoms with E-state index in [0.717, 1.165) is 33.9 Å². The number of hydrazone groups is 1. The predicted molar refractivity (Wildman–Crippen MR) is 145 cm³/mol. The van der Waals surface area contributed by atoms with Gasteiger partial charge in [-0.3, -0.25) is 4.90 Å². The van der Waals surface area contributed by atoms with Crippen LogP contribution < -0.4 is 5.01 Å². The lowest BCUT2D eigenvalue weighted by molar-refractivity contribution is -0.0690. The summed E-state index contributed by atoms with van der Waals surface area (Å²) in [5.74, 6) is 0.206. The number of amidine groups is 1. The van der Waals surface area contributed by atoms with E-state index in [2.05, 4.69) is 0 Å². The van der Waals surface area contributed by atoms with Gasteiger partial charge in [0.25, 0.3) is 0 Å². The zero-order valence-electron chi connectivity index (χ0n) is 21.8. The number of fused-ring (bicyclic) bond motifs is 5. The van der Waals surface area contributed by atoms with Crippen molar-refractivity contribution >= 4 is 17.1 Å². The molecule has 6 rings (SSSR count). The second kappa shape index (κ2) is 9.31. The highest BCUT2D eigenvalue weighted by atomic mass is 19.4. The van der Waals surface area contributed by atoms with Crippen LogP contribution in [0.2, 0.25) is 0 Å². The molecule has 5 nitrogen and oxygen atoms in total. The molecular weight excluding hydrogens is 503 g/mol. The molecule has 2 aliphatic heterocycles. The van der Waals surface area contributed by atoms with E-state index >= 15 is 0 Å². The molecule has 0 radical (unpaired) electrons. The molecule has 0 aromatic heterocycles. The molecule has 3 aromatic carbocycles. The van der Waals surface area contributed by atoms with Gasteiger partial charge in [0.05, 0.1) is 23.4 Å². The van der Waals surface area contributed by atoms with Crippen LogP contribution in [0.15, 0.2) is 89.5 Å². The Bertz CT molecular complexity index is 1520. The SMILES string of the molecule is Cc1cc(C)c(N2N=C3CO[C@H]4Cc5ccccc5[C@H]4N3/C2=C(O)\C=C(/c2ccccc2)C(F)(F)F)c(C)c1. The van der Waals surface area contributed by atoms with Gasteiger partial charge in [-0.25, -0.2) is 5.01 Å². The Labute approximate surface area is 225 Å². The molecule has 0 unspecified atom stereocenters. The number of nitrogens with zero attached hydrogens (tertiary/aromatic N) is 3. The first-order valence-corrected chi connectivity index (χ1v) is 12.8. The molecule has 2 heterocycles. The number of aliphatic hydroxyl groups excluding tert-OH is 1. The van der Waals surface area contributed by atoms with Crippen LogP contribution in [0.4, 0.5) is 18.9 Å². The monoisotopic (exact) mass is 531 g/mol. The van der Waals surface area contributed by atoms with Gasteiger partial charge in [-0.05, 0) is 54.7 Å². The van der Waals surface area contributed by atoms with Gasteiger partial charge >= 0.3 is 6.18 Å². The third-order valence-corrected chi connectivity index (χ3v) is 7.52. The average molecular weight is 532 g/mol. The summed E-state index contributed by atoms with van der Waals surface area (Å²) >= 11 is 0. The van der Waals surface area contributed by atoms with E-state index in [1.54, 1.807) is 23.2 Å². The lowest BCUT2D eigenvalue weighted by Crippen LogP contribution is -2.45. The van der Waals surface area contributed by atoms with E-state index in [4.69, 9.17) is 9.84 Å². The lowest BCUT2D eigenvalue weighted by atomic mass is 10.0. The van der Waals surface area contributed by atoms with Crippen molar-refractivity contribution in [2.24, 2.45) is 5.10 Å². The van der Waals surface area contributed by atoms with E-state index in [1.807, 2.05) is 62.1 Å². The fourth-order valence-corrected chi connectivity index (χ4v) is 6.04. The average Bonchev–Trinajstić information content (AvgIpc) is 3.44. The topological polar surface area (TPSA) is 48.3 Å². The third kappa shape index (κ3) is 4.29. The Morgan fingerprint density at radius 1 is 1.00 bits per heavy atom. The third-order valence-electron chi connectivity index (χ3n) is 7.52. The first-order valence-electron chi connectivity index (χ1n) is 12.8. The largest absolute Gasteiger partial charge is 0.504 e. The number of aryl methyl sites for hydroxylation is 3. The summed E-state index contributed by atoms with van der Waals surface area (Å²) in [7, 11) is 0. The first kappa shape index (κ1) is 25.2. The number of morpholine rings is 1. The number of aliphatic hydroxyl groups is 1. The minimum atomic E-state index is -4.69. The van der Waals surface area contributed by atoms with Crippen LogP contribution >= 0.6 is 0 Å². The first-order chi connectivity index (χ1) is 18.6. The summed E-state index contributed by atoms with van der Waals surface area (Å²) in [6.07, 6.45) is -3.41. The zero-order valence-corrected chi connectivity index (χ0v) is 21.8. The minimum absolute atomic E-state index is 0.0309. The molecule has 1 aliphatic carbocycles. The van der Waals surface area contributed by atoms with Crippen LogP contribution in [-0.2, 0) is 11.2 Å². The Morgan fingerprint density at radius 2 is 1.67 bits per heavy atom. The highest BCUT2D eigenvalue weighted by Crippen LogP contribution is 2.47. The number of benzene rings is 3. The molecule has 1 N–H and O–H groups in total. The van der Waals surface area contributed by atoms with Gasteiger partial charge in [0.2, 0.25) is 0 Å². The van der Waals surface area contributed by atoms with Gasteiger partial charge in [-0.2, -0.15) is 13.2 Å². The summed E-state index contributed by atoms with van der Waals surface area (Å²) in [4.78, 5) is 1.86. The minimum Gasteiger partial charge on any atom is -0.504 e. The van der Waals surface area contributed by atoms with Gasteiger partial charge in [0.15, 0.2) is 17.4 Å². The van der Waals surface area contributed by atoms with Gasteiger partial charge in [-0.15, -0.1) is 5.10 Å². The van der Waals surface area contributed by atoms with E-state index in [9.17, 15) is 18.3 Å².